The summed E-state index contributed by atoms with van der Waals surface area (Å²) in [5.41, 5.74) is 1.02. The molecule has 5 aromatic rings. The maximum absolute atomic E-state index is 16.2. The normalized spacial score (nSPS) is 17.2. The van der Waals surface area contributed by atoms with Gasteiger partial charge in [-0.3, -0.25) is 9.78 Å². The number of carbonyl (C=O) groups is 1. The van der Waals surface area contributed by atoms with E-state index in [1.807, 2.05) is 39.5 Å². The first-order chi connectivity index (χ1) is 21.0. The first-order valence-corrected chi connectivity index (χ1v) is 14.5. The number of hydrogen-bond acceptors (Lipinski definition) is 7. The standard InChI is InChI=1S/C33H32F2N6O3/c1-7-25(42)39-15-20(6)40(16-19(39)5)31-22-14-24(35)28(26-23(34)9-8-21-11-13-44-30(21)26)37-32(22)41(33(43)38-31)29-18(4)10-12-36-27(29)17(2)3/h7-14,17,19-20H,1,15-16H2,2-6H3/t19-,20+/m1/s1. The van der Waals surface area contributed by atoms with Crippen LogP contribution in [0.3, 0.4) is 0 Å². The van der Waals surface area contributed by atoms with Crippen LogP contribution < -0.4 is 10.6 Å². The molecule has 0 unspecified atom stereocenters. The van der Waals surface area contributed by atoms with Gasteiger partial charge in [-0.05, 0) is 68.7 Å². The lowest BCUT2D eigenvalue weighted by molar-refractivity contribution is -0.128. The largest absolute Gasteiger partial charge is 0.464 e. The van der Waals surface area contributed by atoms with Gasteiger partial charge in [-0.15, -0.1) is 0 Å². The molecule has 1 amide bonds. The Labute approximate surface area is 252 Å². The number of aromatic nitrogens is 4. The smallest absolute Gasteiger partial charge is 0.355 e. The summed E-state index contributed by atoms with van der Waals surface area (Å²) in [7, 11) is 0. The van der Waals surface area contributed by atoms with Crippen LogP contribution in [0.15, 0.2) is 64.7 Å². The zero-order chi connectivity index (χ0) is 31.4. The monoisotopic (exact) mass is 598 g/mol. The van der Waals surface area contributed by atoms with Gasteiger partial charge in [0.2, 0.25) is 5.91 Å². The van der Waals surface area contributed by atoms with Crippen LogP contribution in [-0.2, 0) is 4.79 Å². The van der Waals surface area contributed by atoms with Crippen LogP contribution in [-0.4, -0.2) is 55.5 Å². The van der Waals surface area contributed by atoms with Crippen molar-refractivity contribution in [2.75, 3.05) is 18.0 Å². The van der Waals surface area contributed by atoms with Crippen molar-refractivity contribution < 1.29 is 18.0 Å². The van der Waals surface area contributed by atoms with E-state index in [2.05, 4.69) is 21.5 Å². The predicted octanol–water partition coefficient (Wildman–Crippen LogP) is 5.91. The van der Waals surface area contributed by atoms with Gasteiger partial charge in [0, 0.05) is 36.8 Å². The molecule has 11 heteroatoms. The van der Waals surface area contributed by atoms with E-state index in [0.717, 1.165) is 5.56 Å². The Kier molecular flexibility index (Phi) is 7.27. The van der Waals surface area contributed by atoms with Crippen molar-refractivity contribution in [1.82, 2.24) is 24.4 Å². The Balaban J connectivity index is 1.68. The molecular formula is C33H32F2N6O3. The quantitative estimate of drug-likeness (QED) is 0.232. The van der Waals surface area contributed by atoms with Gasteiger partial charge in [0.25, 0.3) is 0 Å². The minimum atomic E-state index is -0.804. The summed E-state index contributed by atoms with van der Waals surface area (Å²) in [4.78, 5) is 43.9. The van der Waals surface area contributed by atoms with Crippen molar-refractivity contribution in [3.8, 4) is 16.9 Å². The first-order valence-electron chi connectivity index (χ1n) is 14.5. The Bertz CT molecular complexity index is 2020. The number of carbonyl (C=O) groups excluding carboxylic acids is 1. The number of piperazine rings is 1. The fourth-order valence-corrected chi connectivity index (χ4v) is 6.06. The third-order valence-electron chi connectivity index (χ3n) is 8.25. The number of pyridine rings is 2. The van der Waals surface area contributed by atoms with E-state index in [4.69, 9.17) is 4.42 Å². The summed E-state index contributed by atoms with van der Waals surface area (Å²) in [6, 6.07) is 6.94. The summed E-state index contributed by atoms with van der Waals surface area (Å²) in [6.07, 6.45) is 4.34. The van der Waals surface area contributed by atoms with Crippen molar-refractivity contribution in [2.45, 2.75) is 52.6 Å². The molecule has 0 spiro atoms. The van der Waals surface area contributed by atoms with Gasteiger partial charge in [0.15, 0.2) is 11.5 Å². The summed E-state index contributed by atoms with van der Waals surface area (Å²) in [6.45, 7) is 13.8. The van der Waals surface area contributed by atoms with Gasteiger partial charge < -0.3 is 14.2 Å². The van der Waals surface area contributed by atoms with Crippen LogP contribution in [0.2, 0.25) is 0 Å². The predicted molar refractivity (Wildman–Crippen MR) is 165 cm³/mol. The van der Waals surface area contributed by atoms with Gasteiger partial charge in [-0.2, -0.15) is 4.98 Å². The molecule has 9 nitrogen and oxygen atoms in total. The zero-order valence-electron chi connectivity index (χ0n) is 25.1. The third-order valence-corrected chi connectivity index (χ3v) is 8.25. The van der Waals surface area contributed by atoms with Crippen LogP contribution in [0.5, 0.6) is 0 Å². The van der Waals surface area contributed by atoms with E-state index >= 15 is 8.78 Å². The number of aryl methyl sites for hydroxylation is 1. The van der Waals surface area contributed by atoms with Crippen LogP contribution in [0.25, 0.3) is 38.9 Å². The highest BCUT2D eigenvalue weighted by atomic mass is 19.1. The summed E-state index contributed by atoms with van der Waals surface area (Å²) in [5, 5.41) is 0.842. The molecule has 0 aliphatic carbocycles. The fraction of sp³-hybridized carbons (Fsp3) is 0.303. The van der Waals surface area contributed by atoms with Gasteiger partial charge in [0.05, 0.1) is 28.6 Å². The van der Waals surface area contributed by atoms with E-state index in [0.29, 0.717) is 29.9 Å². The maximum Gasteiger partial charge on any atom is 0.355 e. The Morgan fingerprint density at radius 3 is 2.59 bits per heavy atom. The lowest BCUT2D eigenvalue weighted by atomic mass is 10.0. The molecule has 0 bridgehead atoms. The molecule has 1 aliphatic rings. The molecular weight excluding hydrogens is 566 g/mol. The van der Waals surface area contributed by atoms with E-state index in [-0.39, 0.29) is 57.6 Å². The summed E-state index contributed by atoms with van der Waals surface area (Å²) in [5.74, 6) is -1.56. The van der Waals surface area contributed by atoms with Crippen molar-refractivity contribution in [3.05, 3.63) is 88.8 Å². The molecule has 1 aliphatic heterocycles. The highest BCUT2D eigenvalue weighted by Crippen LogP contribution is 2.37. The molecule has 44 heavy (non-hydrogen) atoms. The summed E-state index contributed by atoms with van der Waals surface area (Å²) >= 11 is 0. The number of benzene rings is 1. The van der Waals surface area contributed by atoms with Crippen LogP contribution in [0.1, 0.15) is 44.9 Å². The second kappa shape index (κ2) is 11.0. The Hall–Kier alpha value is -4.93. The molecule has 5 heterocycles. The highest BCUT2D eigenvalue weighted by molar-refractivity contribution is 5.95. The van der Waals surface area contributed by atoms with Crippen molar-refractivity contribution in [2.24, 2.45) is 0 Å². The highest BCUT2D eigenvalue weighted by Gasteiger charge is 2.34. The van der Waals surface area contributed by atoms with E-state index in [9.17, 15) is 9.59 Å². The lowest BCUT2D eigenvalue weighted by Gasteiger charge is -2.44. The molecule has 1 saturated heterocycles. The third kappa shape index (κ3) is 4.63. The Morgan fingerprint density at radius 2 is 1.86 bits per heavy atom. The number of furan rings is 1. The minimum absolute atomic E-state index is 0.0721. The molecule has 4 aromatic heterocycles. The number of anilines is 1. The molecule has 6 rings (SSSR count). The lowest BCUT2D eigenvalue weighted by Crippen LogP contribution is -2.58. The zero-order valence-corrected chi connectivity index (χ0v) is 25.1. The SMILES string of the molecule is C=CC(=O)N1C[C@H](C)N(c2nc(=O)n(-c3c(C)ccnc3C(C)C)c3nc(-c4c(F)ccc5ccoc45)c(F)cc23)C[C@H]1C. The van der Waals surface area contributed by atoms with Gasteiger partial charge in [-0.1, -0.05) is 20.4 Å². The molecule has 0 saturated carbocycles. The van der Waals surface area contributed by atoms with Crippen molar-refractivity contribution in [1.29, 1.82) is 0 Å². The number of hydrogen-bond donors (Lipinski definition) is 0. The van der Waals surface area contributed by atoms with Crippen molar-refractivity contribution in [3.63, 3.8) is 0 Å². The maximum atomic E-state index is 16.2. The number of nitrogens with zero attached hydrogens (tertiary/aromatic N) is 6. The molecule has 1 fully saturated rings. The number of fused-ring (bicyclic) bond motifs is 2. The first kappa shape index (κ1) is 29.2. The van der Waals surface area contributed by atoms with Gasteiger partial charge in [-0.25, -0.2) is 23.1 Å². The molecule has 0 radical (unpaired) electrons. The van der Waals surface area contributed by atoms with E-state index in [1.165, 1.54) is 29.0 Å². The van der Waals surface area contributed by atoms with E-state index < -0.39 is 17.3 Å². The molecule has 1 aromatic carbocycles. The van der Waals surface area contributed by atoms with Crippen LogP contribution in [0, 0.1) is 18.6 Å². The number of amides is 1. The average Bonchev–Trinajstić information content (AvgIpc) is 3.47. The van der Waals surface area contributed by atoms with Gasteiger partial charge in [0.1, 0.15) is 22.9 Å². The summed E-state index contributed by atoms with van der Waals surface area (Å²) < 4.78 is 38.5. The fourth-order valence-electron chi connectivity index (χ4n) is 6.06. The second-order valence-electron chi connectivity index (χ2n) is 11.6. The van der Waals surface area contributed by atoms with Crippen molar-refractivity contribution >= 4 is 33.7 Å². The van der Waals surface area contributed by atoms with E-state index in [1.54, 1.807) is 29.3 Å². The van der Waals surface area contributed by atoms with Crippen LogP contribution >= 0.6 is 0 Å². The second-order valence-corrected chi connectivity index (χ2v) is 11.6. The topological polar surface area (TPSA) is 97.4 Å². The van der Waals surface area contributed by atoms with Crippen LogP contribution in [0.4, 0.5) is 14.6 Å². The van der Waals surface area contributed by atoms with Gasteiger partial charge >= 0.3 is 5.69 Å². The molecule has 0 N–H and O–H groups in total. The Morgan fingerprint density at radius 1 is 1.09 bits per heavy atom. The minimum Gasteiger partial charge on any atom is -0.464 e. The average molecular weight is 599 g/mol. The number of rotatable bonds is 5. The molecule has 2 atom stereocenters. The molecule has 226 valence electrons. The number of halogens is 2.